The largest absolute Gasteiger partial charge is 0.432 e. The van der Waals surface area contributed by atoms with Gasteiger partial charge in [0.25, 0.3) is 0 Å². The van der Waals surface area contributed by atoms with Gasteiger partial charge in [0.1, 0.15) is 6.54 Å². The van der Waals surface area contributed by atoms with Crippen LogP contribution in [-0.2, 0) is 6.54 Å². The third kappa shape index (κ3) is 3.89. The summed E-state index contributed by atoms with van der Waals surface area (Å²) in [5.41, 5.74) is 1.15. The van der Waals surface area contributed by atoms with Crippen LogP contribution in [0.3, 0.4) is 0 Å². The molecule has 0 aliphatic rings. The maximum atomic E-state index is 12.6. The summed E-state index contributed by atoms with van der Waals surface area (Å²) in [6, 6.07) is 16.5. The van der Waals surface area contributed by atoms with Crippen molar-refractivity contribution in [2.45, 2.75) is 6.54 Å². The number of hydrogen-bond donors (Lipinski definition) is 2. The molecule has 0 saturated heterocycles. The molecule has 3 aromatic rings. The Labute approximate surface area is 154 Å². The normalized spacial score (nSPS) is 11.0. The van der Waals surface area contributed by atoms with Crippen molar-refractivity contribution < 1.29 is 9.48 Å². The predicted octanol–water partition coefficient (Wildman–Crippen LogP) is 1.41. The molecule has 0 bridgehead atoms. The van der Waals surface area contributed by atoms with Gasteiger partial charge in [-0.15, -0.1) is 4.68 Å². The van der Waals surface area contributed by atoms with E-state index in [1.165, 1.54) is 17.9 Å². The SMILES string of the molecule is CNC(=O)c1c(=O)n(N=Cc2ccc(Cl)cc2)[nH][n+]1Cc1ccccc1. The van der Waals surface area contributed by atoms with Crippen LogP contribution in [-0.4, -0.2) is 29.2 Å². The molecule has 2 N–H and O–H groups in total. The topological polar surface area (TPSA) is 83.1 Å². The molecule has 0 atom stereocenters. The summed E-state index contributed by atoms with van der Waals surface area (Å²) in [7, 11) is 1.48. The summed E-state index contributed by atoms with van der Waals surface area (Å²) < 4.78 is 1.47. The molecule has 1 amide bonds. The molecule has 8 heteroatoms. The first-order valence-electron chi connectivity index (χ1n) is 7.89. The molecule has 2 aromatic carbocycles. The highest BCUT2D eigenvalue weighted by Gasteiger charge is 2.27. The van der Waals surface area contributed by atoms with Crippen molar-refractivity contribution in [1.29, 1.82) is 0 Å². The Hall–Kier alpha value is -3.19. The van der Waals surface area contributed by atoms with Gasteiger partial charge in [-0.05, 0) is 23.3 Å². The average Bonchev–Trinajstić information content (AvgIpc) is 2.96. The summed E-state index contributed by atoms with van der Waals surface area (Å²) in [5, 5.41) is 10.1. The molecular weight excluding hydrogens is 354 g/mol. The van der Waals surface area contributed by atoms with Gasteiger partial charge in [-0.1, -0.05) is 64.4 Å². The molecule has 0 radical (unpaired) electrons. The first-order valence-corrected chi connectivity index (χ1v) is 8.27. The number of hydrogen-bond acceptors (Lipinski definition) is 3. The van der Waals surface area contributed by atoms with Crippen molar-refractivity contribution in [3.63, 3.8) is 0 Å². The Bertz CT molecular complexity index is 991. The van der Waals surface area contributed by atoms with Crippen LogP contribution in [0.25, 0.3) is 0 Å². The highest BCUT2D eigenvalue weighted by atomic mass is 35.5. The van der Waals surface area contributed by atoms with E-state index < -0.39 is 11.5 Å². The van der Waals surface area contributed by atoms with Gasteiger partial charge in [-0.25, -0.2) is 4.79 Å². The Morgan fingerprint density at radius 1 is 1.23 bits per heavy atom. The molecular formula is C18H17ClN5O2+. The van der Waals surface area contributed by atoms with Crippen molar-refractivity contribution in [3.8, 4) is 0 Å². The fourth-order valence-corrected chi connectivity index (χ4v) is 2.52. The standard InChI is InChI=1S/C18H16ClN5O2/c1-20-17(25)16-18(26)24(21-11-13-7-9-15(19)10-8-13)22-23(16)12-14-5-3-2-4-6-14/h2-11H,12H2,1H3,(H-,20,22,25,26)/p+1. The number of benzene rings is 2. The van der Waals surface area contributed by atoms with Crippen molar-refractivity contribution >= 4 is 23.7 Å². The van der Waals surface area contributed by atoms with Gasteiger partial charge >= 0.3 is 17.2 Å². The van der Waals surface area contributed by atoms with Gasteiger partial charge < -0.3 is 5.32 Å². The van der Waals surface area contributed by atoms with E-state index in [0.29, 0.717) is 11.6 Å². The van der Waals surface area contributed by atoms with Crippen LogP contribution in [0, 0.1) is 0 Å². The summed E-state index contributed by atoms with van der Waals surface area (Å²) in [5.74, 6) is -0.484. The smallest absolute Gasteiger partial charge is 0.352 e. The number of rotatable bonds is 5. The molecule has 26 heavy (non-hydrogen) atoms. The monoisotopic (exact) mass is 370 g/mol. The number of amides is 1. The summed E-state index contributed by atoms with van der Waals surface area (Å²) in [6.07, 6.45) is 1.51. The molecule has 0 spiro atoms. The van der Waals surface area contributed by atoms with Crippen LogP contribution in [0.2, 0.25) is 5.02 Å². The Kier molecular flexibility index (Phi) is 5.28. The van der Waals surface area contributed by atoms with E-state index in [9.17, 15) is 9.59 Å². The quantitative estimate of drug-likeness (QED) is 0.525. The number of aromatic nitrogens is 3. The van der Waals surface area contributed by atoms with Crippen LogP contribution < -0.4 is 15.6 Å². The van der Waals surface area contributed by atoms with E-state index in [1.54, 1.807) is 24.3 Å². The molecule has 0 aliphatic carbocycles. The third-order valence-electron chi connectivity index (χ3n) is 3.70. The van der Waals surface area contributed by atoms with Gasteiger partial charge in [0.15, 0.2) is 0 Å². The lowest BCUT2D eigenvalue weighted by molar-refractivity contribution is -0.749. The second-order valence-electron chi connectivity index (χ2n) is 5.51. The zero-order chi connectivity index (χ0) is 18.5. The fourth-order valence-electron chi connectivity index (χ4n) is 2.40. The third-order valence-corrected chi connectivity index (χ3v) is 3.95. The zero-order valence-electron chi connectivity index (χ0n) is 14.0. The molecule has 7 nitrogen and oxygen atoms in total. The Morgan fingerprint density at radius 2 is 1.92 bits per heavy atom. The van der Waals surface area contributed by atoms with E-state index in [-0.39, 0.29) is 5.69 Å². The first kappa shape index (κ1) is 17.6. The molecule has 132 valence electrons. The van der Waals surface area contributed by atoms with Crippen molar-refractivity contribution in [2.24, 2.45) is 5.10 Å². The van der Waals surface area contributed by atoms with Gasteiger partial charge in [0.2, 0.25) is 0 Å². The maximum Gasteiger partial charge on any atom is 0.432 e. The molecule has 1 heterocycles. The molecule has 0 saturated carbocycles. The number of carbonyl (C=O) groups excluding carboxylic acids is 1. The van der Waals surface area contributed by atoms with E-state index in [4.69, 9.17) is 11.6 Å². The predicted molar refractivity (Wildman–Crippen MR) is 98.6 cm³/mol. The van der Waals surface area contributed by atoms with Crippen molar-refractivity contribution in [1.82, 2.24) is 15.3 Å². The number of nitrogens with zero attached hydrogens (tertiary/aromatic N) is 3. The second-order valence-corrected chi connectivity index (χ2v) is 5.95. The molecule has 0 aliphatic heterocycles. The highest BCUT2D eigenvalue weighted by Crippen LogP contribution is 2.07. The minimum absolute atomic E-state index is 0.0235. The minimum atomic E-state index is -0.537. The van der Waals surface area contributed by atoms with E-state index in [2.05, 4.69) is 15.6 Å². The summed E-state index contributed by atoms with van der Waals surface area (Å²) in [4.78, 5) is 25.7. The van der Waals surface area contributed by atoms with Crippen molar-refractivity contribution in [2.75, 3.05) is 7.05 Å². The van der Waals surface area contributed by atoms with Gasteiger partial charge in [-0.2, -0.15) is 0 Å². The lowest BCUT2D eigenvalue weighted by atomic mass is 10.2. The van der Waals surface area contributed by atoms with Gasteiger partial charge in [0, 0.05) is 16.9 Å². The number of H-pyrrole nitrogens is 1. The lowest BCUT2D eigenvalue weighted by Crippen LogP contribution is -2.46. The Morgan fingerprint density at radius 3 is 2.58 bits per heavy atom. The molecule has 1 aromatic heterocycles. The Balaban J connectivity index is 1.97. The maximum absolute atomic E-state index is 12.6. The average molecular weight is 371 g/mol. The van der Waals surface area contributed by atoms with E-state index in [1.807, 2.05) is 30.3 Å². The molecule has 0 fully saturated rings. The van der Waals surface area contributed by atoms with E-state index >= 15 is 0 Å². The number of carbonyl (C=O) groups is 1. The van der Waals surface area contributed by atoms with Crippen LogP contribution in [0.1, 0.15) is 21.6 Å². The van der Waals surface area contributed by atoms with Crippen LogP contribution in [0.15, 0.2) is 64.5 Å². The highest BCUT2D eigenvalue weighted by molar-refractivity contribution is 6.30. The molecule has 3 rings (SSSR count). The van der Waals surface area contributed by atoms with Crippen LogP contribution >= 0.6 is 11.6 Å². The number of aromatic amines is 1. The van der Waals surface area contributed by atoms with Gasteiger partial charge in [0.05, 0.1) is 6.21 Å². The zero-order valence-corrected chi connectivity index (χ0v) is 14.8. The number of halogens is 1. The van der Waals surface area contributed by atoms with E-state index in [0.717, 1.165) is 15.9 Å². The fraction of sp³-hybridized carbons (Fsp3) is 0.111. The minimum Gasteiger partial charge on any atom is -0.352 e. The second kappa shape index (κ2) is 7.79. The number of nitrogens with one attached hydrogen (secondary N) is 2. The van der Waals surface area contributed by atoms with Crippen molar-refractivity contribution in [3.05, 3.63) is 86.8 Å². The van der Waals surface area contributed by atoms with Crippen LogP contribution in [0.4, 0.5) is 0 Å². The summed E-state index contributed by atoms with van der Waals surface area (Å²) in [6.45, 7) is 0.336. The first-order chi connectivity index (χ1) is 12.6. The summed E-state index contributed by atoms with van der Waals surface area (Å²) >= 11 is 5.85. The molecule has 0 unspecified atom stereocenters. The lowest BCUT2D eigenvalue weighted by Gasteiger charge is -1.99. The van der Waals surface area contributed by atoms with Crippen LogP contribution in [0.5, 0.6) is 0 Å². The van der Waals surface area contributed by atoms with Gasteiger partial charge in [-0.3, -0.25) is 4.79 Å².